The van der Waals surface area contributed by atoms with Crippen molar-refractivity contribution < 1.29 is 9.18 Å². The molecule has 1 heterocycles. The Morgan fingerprint density at radius 2 is 2.17 bits per heavy atom. The van der Waals surface area contributed by atoms with Crippen molar-refractivity contribution in [2.24, 2.45) is 0 Å². The number of rotatable bonds is 1. The first-order chi connectivity index (χ1) is 8.49. The molecule has 0 bridgehead atoms. The quantitative estimate of drug-likeness (QED) is 0.794. The third kappa shape index (κ3) is 2.72. The molecule has 1 saturated heterocycles. The summed E-state index contributed by atoms with van der Waals surface area (Å²) in [5.41, 5.74) is 0.527. The maximum atomic E-state index is 13.2. The number of hydrogen-bond donors (Lipinski definition) is 0. The van der Waals surface area contributed by atoms with Crippen LogP contribution in [0.3, 0.4) is 0 Å². The zero-order valence-electron chi connectivity index (χ0n) is 10.5. The summed E-state index contributed by atoms with van der Waals surface area (Å²) in [4.78, 5) is 16.4. The SMILES string of the molecule is CC1CN(C)CCN1C(=O)c1ccc(F)c(Br)c1. The monoisotopic (exact) mass is 314 g/mol. The molecule has 1 amide bonds. The lowest BCUT2D eigenvalue weighted by Crippen LogP contribution is -2.52. The number of nitrogens with zero attached hydrogens (tertiary/aromatic N) is 2. The lowest BCUT2D eigenvalue weighted by Gasteiger charge is -2.38. The Bertz CT molecular complexity index is 466. The van der Waals surface area contributed by atoms with E-state index in [1.807, 2.05) is 18.9 Å². The van der Waals surface area contributed by atoms with Crippen LogP contribution >= 0.6 is 15.9 Å². The molecule has 1 aromatic rings. The number of benzene rings is 1. The topological polar surface area (TPSA) is 23.6 Å². The van der Waals surface area contributed by atoms with Crippen LogP contribution < -0.4 is 0 Å². The second kappa shape index (κ2) is 5.36. The lowest BCUT2D eigenvalue weighted by molar-refractivity contribution is 0.0533. The molecule has 0 aromatic heterocycles. The lowest BCUT2D eigenvalue weighted by atomic mass is 10.1. The minimum atomic E-state index is -0.349. The number of piperazine rings is 1. The van der Waals surface area contributed by atoms with Crippen molar-refractivity contribution in [1.29, 1.82) is 0 Å². The van der Waals surface area contributed by atoms with Gasteiger partial charge >= 0.3 is 0 Å². The van der Waals surface area contributed by atoms with E-state index in [1.54, 1.807) is 6.07 Å². The van der Waals surface area contributed by atoms with Crippen molar-refractivity contribution in [3.63, 3.8) is 0 Å². The van der Waals surface area contributed by atoms with E-state index >= 15 is 0 Å². The van der Waals surface area contributed by atoms with Gasteiger partial charge in [0.1, 0.15) is 5.82 Å². The average Bonchev–Trinajstić information content (AvgIpc) is 2.32. The number of hydrogen-bond acceptors (Lipinski definition) is 2. The van der Waals surface area contributed by atoms with Crippen molar-refractivity contribution in [3.05, 3.63) is 34.1 Å². The van der Waals surface area contributed by atoms with Crippen LogP contribution in [-0.4, -0.2) is 48.4 Å². The molecule has 1 aliphatic rings. The highest BCUT2D eigenvalue weighted by molar-refractivity contribution is 9.10. The highest BCUT2D eigenvalue weighted by Gasteiger charge is 2.26. The highest BCUT2D eigenvalue weighted by Crippen LogP contribution is 2.19. The first-order valence-corrected chi connectivity index (χ1v) is 6.73. The van der Waals surface area contributed by atoms with Crippen molar-refractivity contribution in [2.45, 2.75) is 13.0 Å². The molecule has 1 unspecified atom stereocenters. The Kier molecular flexibility index (Phi) is 4.02. The summed E-state index contributed by atoms with van der Waals surface area (Å²) in [6.07, 6.45) is 0. The summed E-state index contributed by atoms with van der Waals surface area (Å²) in [5, 5.41) is 0. The molecular formula is C13H16BrFN2O. The summed E-state index contributed by atoms with van der Waals surface area (Å²) >= 11 is 3.11. The summed E-state index contributed by atoms with van der Waals surface area (Å²) in [7, 11) is 2.05. The van der Waals surface area contributed by atoms with Crippen molar-refractivity contribution >= 4 is 21.8 Å². The summed E-state index contributed by atoms with van der Waals surface area (Å²) in [6.45, 7) is 4.49. The molecule has 98 valence electrons. The van der Waals surface area contributed by atoms with Crippen LogP contribution in [0.4, 0.5) is 4.39 Å². The van der Waals surface area contributed by atoms with Crippen LogP contribution in [0.2, 0.25) is 0 Å². The number of carbonyl (C=O) groups is 1. The van der Waals surface area contributed by atoms with Crippen LogP contribution in [0.25, 0.3) is 0 Å². The maximum Gasteiger partial charge on any atom is 0.254 e. The molecule has 0 N–H and O–H groups in total. The third-order valence-corrected chi connectivity index (χ3v) is 3.87. The van der Waals surface area contributed by atoms with Crippen LogP contribution in [0.5, 0.6) is 0 Å². The third-order valence-electron chi connectivity index (χ3n) is 3.26. The zero-order valence-corrected chi connectivity index (χ0v) is 12.1. The van der Waals surface area contributed by atoms with Gasteiger partial charge in [0.2, 0.25) is 0 Å². The Balaban J connectivity index is 2.18. The van der Waals surface area contributed by atoms with Crippen LogP contribution in [0.15, 0.2) is 22.7 Å². The fourth-order valence-electron chi connectivity index (χ4n) is 2.24. The van der Waals surface area contributed by atoms with Gasteiger partial charge in [-0.25, -0.2) is 4.39 Å². The molecule has 0 spiro atoms. The second-order valence-corrected chi connectivity index (χ2v) is 5.59. The molecule has 0 aliphatic carbocycles. The van der Waals surface area contributed by atoms with E-state index in [4.69, 9.17) is 0 Å². The van der Waals surface area contributed by atoms with E-state index in [9.17, 15) is 9.18 Å². The minimum absolute atomic E-state index is 0.0312. The first-order valence-electron chi connectivity index (χ1n) is 5.93. The standard InChI is InChI=1S/C13H16BrFN2O/c1-9-8-16(2)5-6-17(9)13(18)10-3-4-12(15)11(14)7-10/h3-4,7,9H,5-6,8H2,1-2H3. The van der Waals surface area contributed by atoms with Gasteiger partial charge in [0.05, 0.1) is 4.47 Å². The average molecular weight is 315 g/mol. The Morgan fingerprint density at radius 1 is 1.44 bits per heavy atom. The normalized spacial score (nSPS) is 21.1. The maximum absolute atomic E-state index is 13.2. The minimum Gasteiger partial charge on any atom is -0.333 e. The smallest absolute Gasteiger partial charge is 0.254 e. The number of halogens is 2. The van der Waals surface area contributed by atoms with Gasteiger partial charge in [-0.2, -0.15) is 0 Å². The van der Waals surface area contributed by atoms with Gasteiger partial charge in [-0.1, -0.05) is 0 Å². The van der Waals surface area contributed by atoms with Gasteiger partial charge in [0.25, 0.3) is 5.91 Å². The highest BCUT2D eigenvalue weighted by atomic mass is 79.9. The summed E-state index contributed by atoms with van der Waals surface area (Å²) in [5.74, 6) is -0.380. The second-order valence-electron chi connectivity index (χ2n) is 4.74. The van der Waals surface area contributed by atoms with Crippen LogP contribution in [-0.2, 0) is 0 Å². The molecule has 0 saturated carbocycles. The van der Waals surface area contributed by atoms with Crippen LogP contribution in [0, 0.1) is 5.82 Å². The van der Waals surface area contributed by atoms with E-state index in [0.717, 1.165) is 13.1 Å². The fraction of sp³-hybridized carbons (Fsp3) is 0.462. The van der Waals surface area contributed by atoms with Crippen molar-refractivity contribution in [3.8, 4) is 0 Å². The molecule has 1 fully saturated rings. The number of likely N-dealkylation sites (N-methyl/N-ethyl adjacent to an activating group) is 1. The Labute approximate surface area is 115 Å². The van der Waals surface area contributed by atoms with Crippen molar-refractivity contribution in [2.75, 3.05) is 26.7 Å². The zero-order chi connectivity index (χ0) is 13.3. The van der Waals surface area contributed by atoms with E-state index in [-0.39, 0.29) is 17.8 Å². The Hall–Kier alpha value is -0.940. The fourth-order valence-corrected chi connectivity index (χ4v) is 2.62. The molecule has 1 aliphatic heterocycles. The summed E-state index contributed by atoms with van der Waals surface area (Å²) < 4.78 is 13.5. The number of carbonyl (C=O) groups excluding carboxylic acids is 1. The molecule has 0 radical (unpaired) electrons. The predicted octanol–water partition coefficient (Wildman–Crippen LogP) is 2.36. The predicted molar refractivity (Wildman–Crippen MR) is 72.1 cm³/mol. The Morgan fingerprint density at radius 3 is 2.78 bits per heavy atom. The van der Waals surface area contributed by atoms with E-state index in [1.165, 1.54) is 12.1 Å². The van der Waals surface area contributed by atoms with Crippen LogP contribution in [0.1, 0.15) is 17.3 Å². The van der Waals surface area contributed by atoms with Gasteiger partial charge < -0.3 is 9.80 Å². The number of amides is 1. The molecule has 3 nitrogen and oxygen atoms in total. The summed E-state index contributed by atoms with van der Waals surface area (Å²) in [6, 6.07) is 4.58. The van der Waals surface area contributed by atoms with Gasteiger partial charge in [-0.15, -0.1) is 0 Å². The van der Waals surface area contributed by atoms with Gasteiger partial charge in [0, 0.05) is 31.2 Å². The molecule has 18 heavy (non-hydrogen) atoms. The molecular weight excluding hydrogens is 299 g/mol. The van der Waals surface area contributed by atoms with Gasteiger partial charge in [0.15, 0.2) is 0 Å². The molecule has 2 rings (SSSR count). The van der Waals surface area contributed by atoms with Crippen molar-refractivity contribution in [1.82, 2.24) is 9.80 Å². The first kappa shape index (κ1) is 13.5. The largest absolute Gasteiger partial charge is 0.333 e. The van der Waals surface area contributed by atoms with E-state index < -0.39 is 0 Å². The molecule has 1 aromatic carbocycles. The van der Waals surface area contributed by atoms with Gasteiger partial charge in [-0.05, 0) is 48.1 Å². The molecule has 1 atom stereocenters. The molecule has 5 heteroatoms. The van der Waals surface area contributed by atoms with Gasteiger partial charge in [-0.3, -0.25) is 4.79 Å². The van der Waals surface area contributed by atoms with E-state index in [0.29, 0.717) is 16.6 Å². The van der Waals surface area contributed by atoms with E-state index in [2.05, 4.69) is 20.8 Å².